The molecule has 0 spiro atoms. The van der Waals surface area contributed by atoms with Crippen LogP contribution in [0.25, 0.3) is 0 Å². The van der Waals surface area contributed by atoms with E-state index in [1.54, 1.807) is 13.8 Å². The summed E-state index contributed by atoms with van der Waals surface area (Å²) in [7, 11) is 0. The summed E-state index contributed by atoms with van der Waals surface area (Å²) in [4.78, 5) is 41.7. The third kappa shape index (κ3) is 28.4. The van der Waals surface area contributed by atoms with E-state index in [9.17, 15) is 50.2 Å². The van der Waals surface area contributed by atoms with Crippen molar-refractivity contribution in [2.75, 3.05) is 26.4 Å². The molecule has 0 heterocycles. The van der Waals surface area contributed by atoms with Crippen LogP contribution in [-0.2, 0) is 9.59 Å². The van der Waals surface area contributed by atoms with E-state index in [4.69, 9.17) is 20.4 Å². The second kappa shape index (κ2) is 43.9. The Balaban J connectivity index is -0.0000000899. The van der Waals surface area contributed by atoms with Crippen molar-refractivity contribution in [2.45, 2.75) is 134 Å². The lowest BCUT2D eigenvalue weighted by molar-refractivity contribution is -0.385. The zero-order valence-electron chi connectivity index (χ0n) is 38.1. The molecule has 2 rings (SSSR count). The number of nitrogens with zero attached hydrogens (tertiary/aromatic N) is 2. The Bertz CT molecular complexity index is 1360. The van der Waals surface area contributed by atoms with E-state index in [0.29, 0.717) is 36.8 Å². The first-order valence-corrected chi connectivity index (χ1v) is 19.9. The number of carboxylic acids is 2. The number of non-ortho nitro benzene ring substituents is 2. The van der Waals surface area contributed by atoms with Gasteiger partial charge in [-0.2, -0.15) is 54.0 Å². The fourth-order valence-electron chi connectivity index (χ4n) is 5.85. The maximum absolute atomic E-state index is 10.8. The van der Waals surface area contributed by atoms with Crippen molar-refractivity contribution >= 4 is 85.7 Å². The summed E-state index contributed by atoms with van der Waals surface area (Å²) in [5.41, 5.74) is -0.629. The van der Waals surface area contributed by atoms with Crippen LogP contribution in [0.3, 0.4) is 0 Å². The van der Waals surface area contributed by atoms with E-state index in [-0.39, 0.29) is 139 Å². The molecule has 0 fully saturated rings. The van der Waals surface area contributed by atoms with Crippen molar-refractivity contribution in [3.05, 3.63) is 79.9 Å². The smallest absolute Gasteiger partial charge is 0.311 e. The number of nitro groups is 2. The van der Waals surface area contributed by atoms with Gasteiger partial charge in [0.1, 0.15) is 0 Å². The predicted octanol–water partition coefficient (Wildman–Crippen LogP) is 8.43. The molecule has 3 radical (unpaired) electrons. The first-order valence-electron chi connectivity index (χ1n) is 19.9. The number of unbranched alkanes of at least 4 members (excludes halogenated alkanes) is 2. The minimum atomic E-state index is -0.893. The van der Waals surface area contributed by atoms with E-state index >= 15 is 0 Å². The van der Waals surface area contributed by atoms with E-state index < -0.39 is 44.8 Å². The fraction of sp³-hybridized carbons (Fsp3) is 0.682. The molecule has 0 saturated carbocycles. The molecule has 65 heavy (non-hydrogen) atoms. The van der Waals surface area contributed by atoms with Crippen LogP contribution < -0.4 is 0 Å². The van der Waals surface area contributed by atoms with Gasteiger partial charge in [-0.1, -0.05) is 95.9 Å². The van der Waals surface area contributed by atoms with Gasteiger partial charge in [-0.05, 0) is 72.9 Å². The van der Waals surface area contributed by atoms with Crippen LogP contribution >= 0.6 is 54.0 Å². The molecule has 0 aliphatic heterocycles. The average molecular weight is 1010 g/mol. The number of rotatable bonds is 22. The summed E-state index contributed by atoms with van der Waals surface area (Å²) >= 11 is 0. The van der Waals surface area contributed by atoms with Crippen molar-refractivity contribution in [2.24, 2.45) is 34.5 Å². The third-order valence-electron chi connectivity index (χ3n) is 10.7. The van der Waals surface area contributed by atoms with Crippen molar-refractivity contribution in [3.63, 3.8) is 0 Å². The van der Waals surface area contributed by atoms with Gasteiger partial charge < -0.3 is 40.9 Å². The molecule has 2 aromatic carbocycles. The molecular weight excluding hydrogens is 920 g/mol. The third-order valence-corrected chi connectivity index (χ3v) is 10.7. The van der Waals surface area contributed by atoms with Crippen LogP contribution in [-0.4, -0.2) is 97.5 Å². The Morgan fingerprint density at radius 1 is 0.569 bits per heavy atom. The number of hydrogen-bond acceptors (Lipinski definition) is 12. The molecule has 1 unspecified atom stereocenters. The maximum Gasteiger partial charge on any atom is 0.311 e. The lowest BCUT2D eigenvalue weighted by Crippen LogP contribution is -2.34. The monoisotopic (exact) mass is 1010 g/mol. The first-order chi connectivity index (χ1) is 27.2. The highest BCUT2D eigenvalue weighted by Crippen LogP contribution is 2.31. The van der Waals surface area contributed by atoms with Gasteiger partial charge in [0, 0.05) is 57.7 Å². The Kier molecular flexibility index (Phi) is 55.8. The number of aliphatic carboxylic acids is 2. The minimum Gasteiger partial charge on any atom is -0.481 e. The van der Waals surface area contributed by atoms with E-state index in [0.717, 1.165) is 25.7 Å². The first kappa shape index (κ1) is 82.5. The molecule has 0 saturated heterocycles. The van der Waals surface area contributed by atoms with Gasteiger partial charge in [0.2, 0.25) is 0 Å². The molecule has 6 atom stereocenters. The van der Waals surface area contributed by atoms with Gasteiger partial charge in [-0.15, -0.1) is 0 Å². The molecular formula is C44H86BN2O14S4. The lowest BCUT2D eigenvalue weighted by Gasteiger charge is -2.25. The van der Waals surface area contributed by atoms with Crippen LogP contribution in [0.15, 0.2) is 48.5 Å². The van der Waals surface area contributed by atoms with Gasteiger partial charge >= 0.3 is 11.9 Å². The highest BCUT2D eigenvalue weighted by molar-refractivity contribution is 7.59. The summed E-state index contributed by atoms with van der Waals surface area (Å²) in [5.74, 6) is -2.02. The van der Waals surface area contributed by atoms with Crippen molar-refractivity contribution in [3.8, 4) is 0 Å². The molecule has 0 bridgehead atoms. The van der Waals surface area contributed by atoms with Gasteiger partial charge in [-0.3, -0.25) is 29.8 Å². The predicted molar refractivity (Wildman–Crippen MR) is 282 cm³/mol. The zero-order chi connectivity index (χ0) is 45.2. The summed E-state index contributed by atoms with van der Waals surface area (Å²) in [6.07, 6.45) is 4.20. The van der Waals surface area contributed by atoms with Gasteiger partial charge in [0.25, 0.3) is 11.4 Å². The fourth-order valence-corrected chi connectivity index (χ4v) is 5.85. The second-order valence-electron chi connectivity index (χ2n) is 15.2. The van der Waals surface area contributed by atoms with Crippen LogP contribution in [0.5, 0.6) is 0 Å². The average Bonchev–Trinajstić information content (AvgIpc) is 3.20. The van der Waals surface area contributed by atoms with E-state index in [2.05, 4.69) is 0 Å². The lowest BCUT2D eigenvalue weighted by atomic mass is 9.81. The summed E-state index contributed by atoms with van der Waals surface area (Å²) in [6.45, 7) is 14.6. The molecule has 0 aliphatic carbocycles. The SMILES string of the molecule is C.C.CC(C)[C@@H](CO)[C@@H](O)c1ccc([N+](=O)[O-])cc1.CC(C)[C@@H](CO)[C@@H](O)c1ccc([N+](=O)[O-])cc1.CCCCC(CC)(CO)C(=O)O.CCCC[C@](CC)(CO)C(=O)O.S.S.S.S.[B]. The number of hydrogen-bond donors (Lipinski definition) is 8. The Morgan fingerprint density at radius 2 is 0.815 bits per heavy atom. The number of aliphatic hydroxyl groups is 6. The highest BCUT2D eigenvalue weighted by Gasteiger charge is 2.36. The molecule has 16 nitrogen and oxygen atoms in total. The Hall–Kier alpha value is -2.60. The number of carbonyl (C=O) groups is 2. The van der Waals surface area contributed by atoms with Gasteiger partial charge in [0.05, 0.1) is 46.1 Å². The molecule has 2 aromatic rings. The summed E-state index contributed by atoms with van der Waals surface area (Å²) < 4.78 is 0. The zero-order valence-corrected chi connectivity index (χ0v) is 42.1. The van der Waals surface area contributed by atoms with Gasteiger partial charge in [-0.25, -0.2) is 0 Å². The number of aliphatic hydroxyl groups excluding tert-OH is 6. The molecule has 383 valence electrons. The largest absolute Gasteiger partial charge is 0.481 e. The van der Waals surface area contributed by atoms with Crippen molar-refractivity contribution in [1.29, 1.82) is 0 Å². The van der Waals surface area contributed by atoms with Gasteiger partial charge in [0.15, 0.2) is 0 Å². The van der Waals surface area contributed by atoms with Crippen LogP contribution in [0.1, 0.15) is 145 Å². The maximum atomic E-state index is 10.8. The number of nitro benzene ring substituents is 2. The normalized spacial score (nSPS) is 13.4. The van der Waals surface area contributed by atoms with Crippen LogP contribution in [0.2, 0.25) is 0 Å². The summed E-state index contributed by atoms with van der Waals surface area (Å²) in [6, 6.07) is 11.5. The standard InChI is InChI=1S/2C12H17NO4.2C9H18O3.2CH4.B.4H2S/c2*1-8(2)11(7-14)12(15)9-3-5-10(6-4-9)13(16)17;2*1-3-5-6-9(4-2,7-10)8(11)12;;;;;;;/h2*3-6,8,11-12,14-15H,7H2,1-2H3;2*10H,3-7H2,1-2H3,(H,11,12);2*1H4;;4*1H2/t2*11-,12+;9-;;;;;;;;/m111......../s1. The van der Waals surface area contributed by atoms with Crippen LogP contribution in [0, 0.1) is 54.7 Å². The van der Waals surface area contributed by atoms with Crippen molar-refractivity contribution < 1.29 is 60.3 Å². The van der Waals surface area contributed by atoms with Crippen LogP contribution in [0.4, 0.5) is 11.4 Å². The topological polar surface area (TPSA) is 282 Å². The number of carboxylic acid groups (broad SMARTS) is 2. The van der Waals surface area contributed by atoms with E-state index in [1.807, 2.05) is 41.5 Å². The minimum absolute atomic E-state index is 0. The highest BCUT2D eigenvalue weighted by atomic mass is 32.1. The molecule has 0 amide bonds. The van der Waals surface area contributed by atoms with E-state index in [1.165, 1.54) is 48.5 Å². The Labute approximate surface area is 418 Å². The number of benzene rings is 2. The molecule has 8 N–H and O–H groups in total. The quantitative estimate of drug-likeness (QED) is 0.0312. The summed E-state index contributed by atoms with van der Waals surface area (Å²) in [5, 5.41) is 95.2. The molecule has 0 aliphatic rings. The molecule has 21 heteroatoms. The molecule has 0 aromatic heterocycles. The van der Waals surface area contributed by atoms with Crippen molar-refractivity contribution in [1.82, 2.24) is 0 Å². The second-order valence-corrected chi connectivity index (χ2v) is 15.2. The Morgan fingerprint density at radius 3 is 0.954 bits per heavy atom.